The zero-order chi connectivity index (χ0) is 10.3. The number of hydrogen-bond acceptors (Lipinski definition) is 4. The van der Waals surface area contributed by atoms with E-state index in [1.807, 2.05) is 18.2 Å². The number of H-pyrrole nitrogens is 1. The molecule has 0 bridgehead atoms. The first-order valence-corrected chi connectivity index (χ1v) is 4.42. The van der Waals surface area contributed by atoms with Gasteiger partial charge in [-0.25, -0.2) is 0 Å². The molecule has 0 aliphatic rings. The first-order chi connectivity index (χ1) is 7.47. The van der Waals surface area contributed by atoms with Crippen molar-refractivity contribution in [3.63, 3.8) is 0 Å². The minimum absolute atomic E-state index is 0.803. The fourth-order valence-electron chi connectivity index (χ4n) is 1.00. The Balaban J connectivity index is 0.000000124. The fourth-order valence-corrected chi connectivity index (χ4v) is 1.00. The molecule has 3 aromatic rings. The summed E-state index contributed by atoms with van der Waals surface area (Å²) in [4.78, 5) is 7.65. The van der Waals surface area contributed by atoms with Gasteiger partial charge in [0.05, 0.1) is 6.20 Å². The summed E-state index contributed by atoms with van der Waals surface area (Å²) < 4.78 is 0. The van der Waals surface area contributed by atoms with Crippen molar-refractivity contribution in [3.05, 3.63) is 49.1 Å². The molecule has 3 heterocycles. The maximum atomic E-state index is 3.86. The van der Waals surface area contributed by atoms with Crippen LogP contribution in [0.5, 0.6) is 0 Å². The van der Waals surface area contributed by atoms with Gasteiger partial charge in [-0.3, -0.25) is 9.97 Å². The zero-order valence-electron chi connectivity index (χ0n) is 7.91. The minimum Gasteiger partial charge on any atom is -0.265 e. The van der Waals surface area contributed by atoms with Crippen LogP contribution in [0.15, 0.2) is 49.1 Å². The SMILES string of the molecule is c1cc2n[nH]nc2cn1.c1ccncc1. The highest BCUT2D eigenvalue weighted by Crippen LogP contribution is 2.01. The van der Waals surface area contributed by atoms with Crippen LogP contribution in [0.4, 0.5) is 0 Å². The molecule has 0 aliphatic heterocycles. The summed E-state index contributed by atoms with van der Waals surface area (Å²) in [5.74, 6) is 0. The summed E-state index contributed by atoms with van der Waals surface area (Å²) in [6, 6.07) is 7.52. The Morgan fingerprint density at radius 2 is 1.60 bits per heavy atom. The van der Waals surface area contributed by atoms with E-state index in [0.29, 0.717) is 0 Å². The Kier molecular flexibility index (Phi) is 2.97. The van der Waals surface area contributed by atoms with Gasteiger partial charge in [-0.15, -0.1) is 0 Å². The summed E-state index contributed by atoms with van der Waals surface area (Å²) in [5, 5.41) is 10.2. The summed E-state index contributed by atoms with van der Waals surface area (Å²) in [7, 11) is 0. The molecule has 5 heteroatoms. The molecule has 0 amide bonds. The monoisotopic (exact) mass is 199 g/mol. The number of nitrogens with one attached hydrogen (secondary N) is 1. The second-order valence-electron chi connectivity index (χ2n) is 2.71. The van der Waals surface area contributed by atoms with Gasteiger partial charge in [-0.05, 0) is 18.2 Å². The molecule has 0 saturated carbocycles. The van der Waals surface area contributed by atoms with Crippen molar-refractivity contribution < 1.29 is 0 Å². The third kappa shape index (κ3) is 2.57. The van der Waals surface area contributed by atoms with E-state index in [1.165, 1.54) is 0 Å². The van der Waals surface area contributed by atoms with E-state index in [9.17, 15) is 0 Å². The van der Waals surface area contributed by atoms with Crippen molar-refractivity contribution >= 4 is 11.0 Å². The van der Waals surface area contributed by atoms with Crippen LogP contribution in [0.25, 0.3) is 11.0 Å². The van der Waals surface area contributed by atoms with Gasteiger partial charge in [0.1, 0.15) is 11.0 Å². The average molecular weight is 199 g/mol. The van der Waals surface area contributed by atoms with E-state index in [4.69, 9.17) is 0 Å². The summed E-state index contributed by atoms with van der Waals surface area (Å²) >= 11 is 0. The molecule has 0 spiro atoms. The fraction of sp³-hybridized carbons (Fsp3) is 0. The van der Waals surface area contributed by atoms with Gasteiger partial charge < -0.3 is 0 Å². The quantitative estimate of drug-likeness (QED) is 0.594. The van der Waals surface area contributed by atoms with E-state index in [0.717, 1.165) is 11.0 Å². The van der Waals surface area contributed by atoms with Crippen molar-refractivity contribution in [2.45, 2.75) is 0 Å². The molecule has 15 heavy (non-hydrogen) atoms. The second kappa shape index (κ2) is 4.80. The lowest BCUT2D eigenvalue weighted by Crippen LogP contribution is -1.69. The van der Waals surface area contributed by atoms with E-state index in [2.05, 4.69) is 25.4 Å². The number of hydrogen-bond donors (Lipinski definition) is 1. The van der Waals surface area contributed by atoms with E-state index in [1.54, 1.807) is 30.9 Å². The Labute approximate surface area is 86.2 Å². The smallest absolute Gasteiger partial charge is 0.131 e. The van der Waals surface area contributed by atoms with Crippen LogP contribution in [0.2, 0.25) is 0 Å². The molecule has 0 atom stereocenters. The van der Waals surface area contributed by atoms with Gasteiger partial charge in [0, 0.05) is 18.6 Å². The Bertz CT molecular complexity index is 448. The lowest BCUT2D eigenvalue weighted by Gasteiger charge is -1.77. The minimum atomic E-state index is 0.803. The number of fused-ring (bicyclic) bond motifs is 1. The molecule has 0 fully saturated rings. The molecule has 3 aromatic heterocycles. The van der Waals surface area contributed by atoms with Crippen LogP contribution in [-0.2, 0) is 0 Å². The Hall–Kier alpha value is -2.30. The highest BCUT2D eigenvalue weighted by molar-refractivity contribution is 5.71. The van der Waals surface area contributed by atoms with Gasteiger partial charge in [-0.2, -0.15) is 15.4 Å². The predicted octanol–water partition coefficient (Wildman–Crippen LogP) is 1.43. The van der Waals surface area contributed by atoms with Crippen LogP contribution < -0.4 is 0 Å². The van der Waals surface area contributed by atoms with Gasteiger partial charge in [0.2, 0.25) is 0 Å². The third-order valence-electron chi connectivity index (χ3n) is 1.69. The lowest BCUT2D eigenvalue weighted by atomic mass is 10.4. The number of rotatable bonds is 0. The highest BCUT2D eigenvalue weighted by Gasteiger charge is 1.91. The first-order valence-electron chi connectivity index (χ1n) is 4.42. The number of aromatic nitrogens is 5. The zero-order valence-corrected chi connectivity index (χ0v) is 7.91. The molecule has 5 nitrogen and oxygen atoms in total. The first kappa shape index (κ1) is 9.26. The average Bonchev–Trinajstić information content (AvgIpc) is 2.80. The van der Waals surface area contributed by atoms with E-state index < -0.39 is 0 Å². The molecule has 0 aliphatic carbocycles. The van der Waals surface area contributed by atoms with Crippen LogP contribution in [0.3, 0.4) is 0 Å². The van der Waals surface area contributed by atoms with Crippen molar-refractivity contribution in [1.29, 1.82) is 0 Å². The van der Waals surface area contributed by atoms with Crippen molar-refractivity contribution in [2.24, 2.45) is 0 Å². The third-order valence-corrected chi connectivity index (χ3v) is 1.69. The van der Waals surface area contributed by atoms with Crippen LogP contribution in [-0.4, -0.2) is 25.4 Å². The van der Waals surface area contributed by atoms with Gasteiger partial charge >= 0.3 is 0 Å². The Morgan fingerprint density at radius 1 is 0.800 bits per heavy atom. The summed E-state index contributed by atoms with van der Waals surface area (Å²) in [6.07, 6.45) is 6.85. The highest BCUT2D eigenvalue weighted by atomic mass is 15.3. The van der Waals surface area contributed by atoms with Crippen molar-refractivity contribution in [1.82, 2.24) is 25.4 Å². The van der Waals surface area contributed by atoms with Crippen molar-refractivity contribution in [2.75, 3.05) is 0 Å². The van der Waals surface area contributed by atoms with E-state index >= 15 is 0 Å². The van der Waals surface area contributed by atoms with Crippen LogP contribution in [0.1, 0.15) is 0 Å². The van der Waals surface area contributed by atoms with Gasteiger partial charge in [-0.1, -0.05) is 6.07 Å². The molecule has 0 unspecified atom stereocenters. The molecule has 3 rings (SSSR count). The number of aromatic amines is 1. The maximum Gasteiger partial charge on any atom is 0.131 e. The van der Waals surface area contributed by atoms with Gasteiger partial charge in [0.25, 0.3) is 0 Å². The molecule has 74 valence electrons. The number of nitrogens with zero attached hydrogens (tertiary/aromatic N) is 4. The number of pyridine rings is 2. The van der Waals surface area contributed by atoms with Crippen LogP contribution >= 0.6 is 0 Å². The van der Waals surface area contributed by atoms with E-state index in [-0.39, 0.29) is 0 Å². The molecule has 1 N–H and O–H groups in total. The lowest BCUT2D eigenvalue weighted by molar-refractivity contribution is 0.959. The second-order valence-corrected chi connectivity index (χ2v) is 2.71. The normalized spacial score (nSPS) is 9.33. The topological polar surface area (TPSA) is 67.3 Å². The van der Waals surface area contributed by atoms with Gasteiger partial charge in [0.15, 0.2) is 0 Å². The largest absolute Gasteiger partial charge is 0.265 e. The summed E-state index contributed by atoms with van der Waals surface area (Å²) in [5.41, 5.74) is 1.66. The standard InChI is InChI=1S/C5H4N4.C5H5N/c1-2-6-3-5-4(1)7-9-8-5;1-2-4-6-5-3-1/h1-3H,(H,7,8,9);1-5H. The molecular weight excluding hydrogens is 190 g/mol. The molecular formula is C10H9N5. The predicted molar refractivity (Wildman–Crippen MR) is 55.9 cm³/mol. The Morgan fingerprint density at radius 3 is 2.20 bits per heavy atom. The van der Waals surface area contributed by atoms with Crippen LogP contribution in [0, 0.1) is 0 Å². The maximum absolute atomic E-state index is 3.86. The molecule has 0 aromatic carbocycles. The summed E-state index contributed by atoms with van der Waals surface area (Å²) in [6.45, 7) is 0. The molecule has 0 radical (unpaired) electrons. The van der Waals surface area contributed by atoms with Crippen molar-refractivity contribution in [3.8, 4) is 0 Å². The molecule has 0 saturated heterocycles.